The second-order valence-corrected chi connectivity index (χ2v) is 29.9. The van der Waals surface area contributed by atoms with E-state index in [2.05, 4.69) is 88.7 Å². The Kier molecular flexibility index (Phi) is 34.7. The number of halogens is 1. The molecule has 2 aromatic carbocycles. The van der Waals surface area contributed by atoms with E-state index in [0.29, 0.717) is 59.3 Å². The number of aromatic nitrogens is 5. The number of aliphatic hydroxyl groups is 1. The largest absolute Gasteiger partial charge is 0.394 e. The van der Waals surface area contributed by atoms with Crippen molar-refractivity contribution in [3.63, 3.8) is 0 Å². The molecular formula is C80H104ClN21O14. The van der Waals surface area contributed by atoms with Crippen molar-refractivity contribution >= 4 is 105 Å². The van der Waals surface area contributed by atoms with E-state index in [-0.39, 0.29) is 125 Å². The highest BCUT2D eigenvalue weighted by atomic mass is 35.5. The highest BCUT2D eigenvalue weighted by Gasteiger charge is 2.41. The summed E-state index contributed by atoms with van der Waals surface area (Å²) < 4.78 is 0. The number of nitrogens with one attached hydrogen (secondary N) is 13. The molecule has 13 amide bonds. The zero-order valence-electron chi connectivity index (χ0n) is 65.2. The molecule has 5 heterocycles. The molecule has 2 aliphatic rings. The predicted octanol–water partition coefficient (Wildman–Crippen LogP) is 0.656. The molecule has 35 nitrogen and oxygen atoms in total. The van der Waals surface area contributed by atoms with Gasteiger partial charge in [-0.25, -0.2) is 4.98 Å². The van der Waals surface area contributed by atoms with E-state index in [4.69, 9.17) is 28.5 Å². The topological polar surface area (TPSA) is 530 Å². The van der Waals surface area contributed by atoms with Gasteiger partial charge in [-0.15, -0.1) is 0 Å². The third-order valence-electron chi connectivity index (χ3n) is 19.9. The van der Waals surface area contributed by atoms with Gasteiger partial charge < -0.3 is 85.3 Å². The number of benzene rings is 2. The van der Waals surface area contributed by atoms with Crippen LogP contribution in [0.25, 0.3) is 10.9 Å². The number of rotatable bonds is 42. The molecule has 1 saturated heterocycles. The summed E-state index contributed by atoms with van der Waals surface area (Å²) in [5.41, 5.74) is 13.5. The Morgan fingerprint density at radius 3 is 1.77 bits per heavy atom. The lowest BCUT2D eigenvalue weighted by atomic mass is 9.82. The van der Waals surface area contributed by atoms with Crippen LogP contribution in [0.15, 0.2) is 128 Å². The van der Waals surface area contributed by atoms with E-state index < -0.39 is 144 Å². The van der Waals surface area contributed by atoms with Crippen molar-refractivity contribution in [3.05, 3.63) is 161 Å². The monoisotopic (exact) mass is 1620 g/mol. The SMILES string of the molecule is CC(=O)N[C@H](Cc1cnc2ccccc2c1)C(=O)N[C@H](Cc1ccc(Cl)cc1)C(=O)N[C@H](Cc1cccnc1)C(=O)N[C@@H](CO)C(=O)N[C@@H](CC1CCC(NC(=O)c2cnccn2)CC1)C(=O)N[C@H](CCCCNC(=O)c1ccccn1)C(=O)N[C@@H](CC(C)C)C(=O)N[C@@H](CCCNC(=N)N)C(=O)N1CCC[C@H]1C(=O)N[C@H](C)C(N)=O. The van der Waals surface area contributed by atoms with Gasteiger partial charge in [-0.3, -0.25) is 87.7 Å². The van der Waals surface area contributed by atoms with Gasteiger partial charge in [0.15, 0.2) is 5.96 Å². The number of amides is 13. The van der Waals surface area contributed by atoms with E-state index in [0.717, 1.165) is 5.39 Å². The van der Waals surface area contributed by atoms with Crippen LogP contribution >= 0.6 is 11.6 Å². The lowest BCUT2D eigenvalue weighted by Gasteiger charge is -2.32. The first kappa shape index (κ1) is 89.4. The van der Waals surface area contributed by atoms with Gasteiger partial charge in [-0.1, -0.05) is 67.9 Å². The van der Waals surface area contributed by atoms with Gasteiger partial charge in [0, 0.05) is 99.5 Å². The van der Waals surface area contributed by atoms with Gasteiger partial charge in [0.1, 0.15) is 71.8 Å². The third kappa shape index (κ3) is 28.4. The maximum atomic E-state index is 15.4. The number of guanidine groups is 1. The van der Waals surface area contributed by atoms with Crippen LogP contribution in [0.5, 0.6) is 0 Å². The molecule has 6 aromatic rings. The number of fused-ring (bicyclic) bond motifs is 1. The first-order valence-corrected chi connectivity index (χ1v) is 39.2. The van der Waals surface area contributed by atoms with E-state index in [9.17, 15) is 53.1 Å². The summed E-state index contributed by atoms with van der Waals surface area (Å²) in [6.45, 7) is 5.45. The Labute approximate surface area is 676 Å². The molecule has 116 heavy (non-hydrogen) atoms. The fraction of sp³-hybridized carbons (Fsp3) is 0.463. The standard InChI is InChI=1S/C80H104ClN21O14/c1-46(2)36-60(71(108)96-59(19-12-32-90-80(83)84)79(116)102-35-13-20-67(102)78(115)92-47(3)68(82)105)97-70(107)58(18-8-10-31-89-69(106)57-17-7-9-30-87-57)95-73(110)62(39-50-23-27-55(28-24-50)94-76(113)65-44-86-33-34-88-65)100-77(114)66(45-103)101-75(112)64(40-51-14-11-29-85-42-51)99-74(111)63(38-49-21-25-54(81)26-22-49)98-72(109)61(93-48(4)104)41-52-37-53-15-5-6-16-56(53)91-43-52/h5-7,9,11,14-17,21-22,25-26,29-30,33-34,37,42-44,46-47,50,55,58-64,66-67,103H,8,10,12-13,18-20,23-24,27-28,31-32,35-36,38-41,45H2,1-4H3,(H2,82,105)(H,89,106)(H,92,115)(H,93,104)(H,94,113)(H,95,110)(H,96,108)(H,97,107)(H,98,109)(H,99,111)(H,100,114)(H,101,112)(H4,83,84,90)/t47-,50?,55?,58-,59+,60+,61-,62+,63-,64-,66+,67+/m1/s1. The second-order valence-electron chi connectivity index (χ2n) is 29.4. The minimum atomic E-state index is -1.85. The number of unbranched alkanes of at least 4 members (excludes halogenated alkanes) is 1. The lowest BCUT2D eigenvalue weighted by molar-refractivity contribution is -0.142. The van der Waals surface area contributed by atoms with Gasteiger partial charge in [0.05, 0.1) is 18.3 Å². The van der Waals surface area contributed by atoms with Crippen molar-refractivity contribution in [2.24, 2.45) is 23.3 Å². The Bertz CT molecular complexity index is 4380. The molecule has 4 aromatic heterocycles. The number of nitrogens with two attached hydrogens (primary N) is 2. The van der Waals surface area contributed by atoms with Crippen molar-refractivity contribution in [3.8, 4) is 0 Å². The molecule has 620 valence electrons. The van der Waals surface area contributed by atoms with Gasteiger partial charge in [-0.2, -0.15) is 0 Å². The van der Waals surface area contributed by atoms with E-state index in [1.807, 2.05) is 30.3 Å². The summed E-state index contributed by atoms with van der Waals surface area (Å²) in [6, 6.07) is 9.37. The molecule has 1 aliphatic heterocycles. The Hall–Kier alpha value is -12.1. The maximum Gasteiger partial charge on any atom is 0.271 e. The Morgan fingerprint density at radius 1 is 0.534 bits per heavy atom. The molecular weight excluding hydrogens is 1510 g/mol. The fourth-order valence-corrected chi connectivity index (χ4v) is 13.9. The van der Waals surface area contributed by atoms with Gasteiger partial charge in [0.2, 0.25) is 65.0 Å². The number of aliphatic hydroxyl groups excluding tert-OH is 1. The summed E-state index contributed by atoms with van der Waals surface area (Å²) >= 11 is 6.27. The molecule has 10 atom stereocenters. The van der Waals surface area contributed by atoms with Crippen molar-refractivity contribution in [1.82, 2.24) is 93.6 Å². The highest BCUT2D eigenvalue weighted by Crippen LogP contribution is 2.29. The summed E-state index contributed by atoms with van der Waals surface area (Å²) in [6.07, 6.45) is 12.2. The zero-order chi connectivity index (χ0) is 83.8. The average molecular weight is 1620 g/mol. The van der Waals surface area contributed by atoms with Crippen LogP contribution in [0, 0.1) is 17.2 Å². The summed E-state index contributed by atoms with van der Waals surface area (Å²) in [5, 5.41) is 52.9. The minimum absolute atomic E-state index is 0.0154. The molecule has 18 N–H and O–H groups in total. The molecule has 36 heteroatoms. The number of para-hydroxylation sites is 1. The second kappa shape index (κ2) is 45.1. The molecule has 0 radical (unpaired) electrons. The first-order valence-electron chi connectivity index (χ1n) is 38.8. The normalized spacial score (nSPS) is 16.8. The number of carbonyl (C=O) groups excluding carboxylic acids is 13. The van der Waals surface area contributed by atoms with Gasteiger partial charge >= 0.3 is 0 Å². The van der Waals surface area contributed by atoms with Crippen LogP contribution in [-0.4, -0.2) is 210 Å². The summed E-state index contributed by atoms with van der Waals surface area (Å²) in [5.74, 6) is -10.9. The number of likely N-dealkylation sites (tertiary alicyclic amines) is 1. The predicted molar refractivity (Wildman–Crippen MR) is 427 cm³/mol. The number of pyridine rings is 3. The van der Waals surface area contributed by atoms with Crippen LogP contribution < -0.4 is 75.3 Å². The Balaban J connectivity index is 1.06. The number of hydrogen-bond acceptors (Lipinski definition) is 20. The van der Waals surface area contributed by atoms with E-state index in [1.165, 1.54) is 62.0 Å². The number of nitrogens with zero attached hydrogens (tertiary/aromatic N) is 6. The number of carbonyl (C=O) groups is 13. The van der Waals surface area contributed by atoms with Crippen LogP contribution in [0.4, 0.5) is 0 Å². The fourth-order valence-electron chi connectivity index (χ4n) is 13.7. The molecule has 1 aliphatic carbocycles. The highest BCUT2D eigenvalue weighted by molar-refractivity contribution is 6.30. The molecule has 0 spiro atoms. The van der Waals surface area contributed by atoms with Crippen molar-refractivity contribution in [2.45, 2.75) is 197 Å². The number of primary amides is 1. The van der Waals surface area contributed by atoms with Crippen molar-refractivity contribution in [2.75, 3.05) is 26.2 Å². The molecule has 1 saturated carbocycles. The average Bonchev–Trinajstić information content (AvgIpc) is 1.78. The van der Waals surface area contributed by atoms with Gasteiger partial charge in [-0.05, 0) is 161 Å². The summed E-state index contributed by atoms with van der Waals surface area (Å²) in [7, 11) is 0. The molecule has 0 bridgehead atoms. The van der Waals surface area contributed by atoms with Crippen LogP contribution in [-0.2, 0) is 72.0 Å². The molecule has 0 unspecified atom stereocenters. The maximum absolute atomic E-state index is 15.4. The third-order valence-corrected chi connectivity index (χ3v) is 20.1. The quantitative estimate of drug-likeness (QED) is 0.0142. The van der Waals surface area contributed by atoms with Crippen molar-refractivity contribution in [1.29, 1.82) is 5.41 Å². The van der Waals surface area contributed by atoms with Crippen LogP contribution in [0.2, 0.25) is 5.02 Å². The first-order chi connectivity index (χ1) is 55.6. The molecule has 8 rings (SSSR count). The summed E-state index contributed by atoms with van der Waals surface area (Å²) in [4.78, 5) is 206. The van der Waals surface area contributed by atoms with Crippen LogP contribution in [0.3, 0.4) is 0 Å². The Morgan fingerprint density at radius 2 is 1.12 bits per heavy atom. The zero-order valence-corrected chi connectivity index (χ0v) is 66.0. The minimum Gasteiger partial charge on any atom is -0.394 e. The van der Waals surface area contributed by atoms with Crippen LogP contribution in [0.1, 0.15) is 149 Å². The van der Waals surface area contributed by atoms with Crippen molar-refractivity contribution < 1.29 is 67.4 Å². The van der Waals surface area contributed by atoms with Gasteiger partial charge in [0.25, 0.3) is 11.8 Å². The lowest BCUT2D eigenvalue weighted by Crippen LogP contribution is -2.61. The smallest absolute Gasteiger partial charge is 0.271 e. The van der Waals surface area contributed by atoms with E-state index >= 15 is 14.4 Å². The number of hydrogen-bond donors (Lipinski definition) is 16. The van der Waals surface area contributed by atoms with E-state index in [1.54, 1.807) is 68.6 Å². The molecule has 2 fully saturated rings.